The Balaban J connectivity index is 2.55. The summed E-state index contributed by atoms with van der Waals surface area (Å²) in [6, 6.07) is 0. The lowest BCUT2D eigenvalue weighted by Gasteiger charge is -2.50. The number of aliphatic hydroxyl groups excluding tert-OH is 2. The minimum atomic E-state index is -1.99. The molecule has 0 aromatic heterocycles. The molecular weight excluding hydrogens is 660 g/mol. The van der Waals surface area contributed by atoms with Crippen molar-refractivity contribution < 1.29 is 58.5 Å². The predicted molar refractivity (Wildman–Crippen MR) is 191 cm³/mol. The van der Waals surface area contributed by atoms with Crippen molar-refractivity contribution in [3.63, 3.8) is 0 Å². The normalized spacial score (nSPS) is 37.1. The summed E-state index contributed by atoms with van der Waals surface area (Å²) in [5.74, 6) is -7.68. The van der Waals surface area contributed by atoms with E-state index in [1.54, 1.807) is 32.9 Å². The van der Waals surface area contributed by atoms with Gasteiger partial charge in [0, 0.05) is 49.4 Å². The highest BCUT2D eigenvalue weighted by molar-refractivity contribution is 5.90. The first-order valence-electron chi connectivity index (χ1n) is 17.7. The summed E-state index contributed by atoms with van der Waals surface area (Å²) >= 11 is 0. The van der Waals surface area contributed by atoms with E-state index < -0.39 is 72.2 Å². The summed E-state index contributed by atoms with van der Waals surface area (Å²) in [5.41, 5.74) is 1.70. The Morgan fingerprint density at radius 3 is 2.27 bits per heavy atom. The molecule has 0 aromatic rings. The zero-order valence-corrected chi connectivity index (χ0v) is 31.9. The number of hydrogen-bond donors (Lipinski definition) is 4. The van der Waals surface area contributed by atoms with Crippen LogP contribution in [-0.2, 0) is 38.1 Å². The van der Waals surface area contributed by atoms with Gasteiger partial charge in [-0.15, -0.1) is 0 Å². The number of carbonyl (C=O) groups is 3. The topological polar surface area (TPSA) is 178 Å². The van der Waals surface area contributed by atoms with E-state index in [0.29, 0.717) is 18.1 Å². The minimum absolute atomic E-state index is 0.0458. The minimum Gasteiger partial charge on any atom is -0.490 e. The second-order valence-corrected chi connectivity index (χ2v) is 14.6. The Bertz CT molecular complexity index is 1350. The molecular formula is C39H60O12. The highest BCUT2D eigenvalue weighted by atomic mass is 16.6. The van der Waals surface area contributed by atoms with E-state index in [9.17, 15) is 29.7 Å². The fraction of sp³-hybridized carbons (Fsp3) is 0.667. The molecule has 0 saturated carbocycles. The molecule has 2 aliphatic heterocycles. The smallest absolute Gasteiger partial charge is 0.373 e. The Morgan fingerprint density at radius 2 is 1.71 bits per heavy atom. The second-order valence-electron chi connectivity index (χ2n) is 14.6. The number of methoxy groups -OCH3 is 2. The third-order valence-corrected chi connectivity index (χ3v) is 10.1. The molecule has 12 heteroatoms. The van der Waals surface area contributed by atoms with Crippen LogP contribution in [0, 0.1) is 35.5 Å². The van der Waals surface area contributed by atoms with Crippen LogP contribution in [0.25, 0.3) is 0 Å². The molecule has 0 radical (unpaired) electrons. The number of rotatable bonds is 10. The van der Waals surface area contributed by atoms with Crippen LogP contribution < -0.4 is 0 Å². The molecule has 12 atom stereocenters. The van der Waals surface area contributed by atoms with Crippen molar-refractivity contribution in [3.8, 4) is 0 Å². The molecule has 1 saturated heterocycles. The maximum atomic E-state index is 13.6. The lowest BCUT2D eigenvalue weighted by molar-refractivity contribution is -0.329. The van der Waals surface area contributed by atoms with Gasteiger partial charge in [0.15, 0.2) is 5.79 Å². The van der Waals surface area contributed by atoms with E-state index in [4.69, 9.17) is 28.8 Å². The van der Waals surface area contributed by atoms with E-state index >= 15 is 0 Å². The lowest BCUT2D eigenvalue weighted by Crippen LogP contribution is -2.59. The third-order valence-electron chi connectivity index (χ3n) is 10.1. The number of esters is 2. The summed E-state index contributed by atoms with van der Waals surface area (Å²) in [6.45, 7) is 16.5. The van der Waals surface area contributed by atoms with Gasteiger partial charge in [0.2, 0.25) is 5.76 Å². The van der Waals surface area contributed by atoms with E-state index in [1.165, 1.54) is 20.3 Å². The van der Waals surface area contributed by atoms with E-state index in [1.807, 2.05) is 53.7 Å². The van der Waals surface area contributed by atoms with Gasteiger partial charge in [-0.1, -0.05) is 83.9 Å². The van der Waals surface area contributed by atoms with Crippen LogP contribution in [0.2, 0.25) is 0 Å². The van der Waals surface area contributed by atoms with Gasteiger partial charge in [0.1, 0.15) is 18.3 Å². The average molecular weight is 721 g/mol. The standard InChI is InChI=1S/C39H60O12/c1-21(2)36-26(7)31(49-33(42)16-15-32(40)41)20-39(46,51-36)28(9)35(44)27(8)37-29(47-10)14-12-13-22(3)17-24(5)34(43)25(6)18-23(4)19-30(48-11)38(45)50-37/h12-16,18-19,21,24-29,31,34-37,43-44,46H,17,20H2,1-11H3,(H,40,41)/b14-12-,16-15+,22-13-,23-18-,30-19+/t24-,25+,26-,27-,28-,29-,31+,34-,35+,36+,37+,39+/m0/s1. The predicted octanol–water partition coefficient (Wildman–Crippen LogP) is 4.88. The van der Waals surface area contributed by atoms with Gasteiger partial charge in [-0.2, -0.15) is 0 Å². The second kappa shape index (κ2) is 19.5. The first-order valence-corrected chi connectivity index (χ1v) is 17.7. The van der Waals surface area contributed by atoms with Crippen LogP contribution in [0.1, 0.15) is 75.2 Å². The maximum Gasteiger partial charge on any atom is 0.373 e. The number of carbonyl (C=O) groups excluding carboxylic acids is 2. The molecule has 1 fully saturated rings. The summed E-state index contributed by atoms with van der Waals surface area (Å²) in [6.07, 6.45) is 5.37. The molecule has 51 heavy (non-hydrogen) atoms. The lowest BCUT2D eigenvalue weighted by atomic mass is 9.76. The van der Waals surface area contributed by atoms with Crippen molar-refractivity contribution in [1.82, 2.24) is 0 Å². The number of hydrogen-bond acceptors (Lipinski definition) is 11. The van der Waals surface area contributed by atoms with Gasteiger partial charge in [-0.3, -0.25) is 0 Å². The number of carboxylic acid groups (broad SMARTS) is 1. The molecule has 0 unspecified atom stereocenters. The van der Waals surface area contributed by atoms with Crippen molar-refractivity contribution in [2.24, 2.45) is 35.5 Å². The van der Waals surface area contributed by atoms with Crippen LogP contribution in [0.15, 0.2) is 59.4 Å². The zero-order chi connectivity index (χ0) is 38.8. The fourth-order valence-electron chi connectivity index (χ4n) is 7.00. The number of aliphatic hydroxyl groups is 3. The Hall–Kier alpha value is -3.29. The van der Waals surface area contributed by atoms with Gasteiger partial charge in [0.25, 0.3) is 0 Å². The van der Waals surface area contributed by atoms with E-state index in [0.717, 1.165) is 11.6 Å². The van der Waals surface area contributed by atoms with E-state index in [2.05, 4.69) is 0 Å². The third kappa shape index (κ3) is 12.1. The van der Waals surface area contributed by atoms with Crippen LogP contribution in [0.5, 0.6) is 0 Å². The molecule has 12 nitrogen and oxygen atoms in total. The molecule has 2 heterocycles. The molecule has 4 N–H and O–H groups in total. The number of aliphatic carboxylic acids is 1. The summed E-state index contributed by atoms with van der Waals surface area (Å²) < 4.78 is 29.1. The highest BCUT2D eigenvalue weighted by Gasteiger charge is 2.53. The number of allylic oxidation sites excluding steroid dienone is 5. The zero-order valence-electron chi connectivity index (χ0n) is 31.9. The van der Waals surface area contributed by atoms with Crippen molar-refractivity contribution in [2.75, 3.05) is 14.2 Å². The fourth-order valence-corrected chi connectivity index (χ4v) is 7.00. The Kier molecular flexibility index (Phi) is 16.8. The molecule has 0 amide bonds. The summed E-state index contributed by atoms with van der Waals surface area (Å²) in [7, 11) is 2.80. The first kappa shape index (κ1) is 43.9. The van der Waals surface area contributed by atoms with Crippen LogP contribution in [0.4, 0.5) is 0 Å². The van der Waals surface area contributed by atoms with Gasteiger partial charge in [-0.25, -0.2) is 14.4 Å². The largest absolute Gasteiger partial charge is 0.490 e. The van der Waals surface area contributed by atoms with Crippen molar-refractivity contribution in [3.05, 3.63) is 59.4 Å². The molecule has 2 aliphatic rings. The first-order chi connectivity index (χ1) is 23.8. The number of carboxylic acids is 1. The number of cyclic esters (lactones) is 1. The molecule has 288 valence electrons. The van der Waals surface area contributed by atoms with Gasteiger partial charge < -0.3 is 44.1 Å². The quantitative estimate of drug-likeness (QED) is 0.178. The van der Waals surface area contributed by atoms with E-state index in [-0.39, 0.29) is 35.9 Å². The molecule has 2 rings (SSSR count). The molecule has 0 spiro atoms. The summed E-state index contributed by atoms with van der Waals surface area (Å²) in [4.78, 5) is 37.1. The van der Waals surface area contributed by atoms with Crippen molar-refractivity contribution in [2.45, 2.75) is 118 Å². The van der Waals surface area contributed by atoms with Crippen LogP contribution >= 0.6 is 0 Å². The van der Waals surface area contributed by atoms with Crippen molar-refractivity contribution >= 4 is 17.9 Å². The maximum absolute atomic E-state index is 13.6. The monoisotopic (exact) mass is 720 g/mol. The van der Waals surface area contributed by atoms with Gasteiger partial charge in [-0.05, 0) is 38.2 Å². The Labute approximate surface area is 302 Å². The van der Waals surface area contributed by atoms with Gasteiger partial charge in [0.05, 0.1) is 25.4 Å². The Morgan fingerprint density at radius 1 is 1.06 bits per heavy atom. The molecule has 0 aromatic carbocycles. The van der Waals surface area contributed by atoms with Crippen LogP contribution in [0.3, 0.4) is 0 Å². The molecule has 0 bridgehead atoms. The summed E-state index contributed by atoms with van der Waals surface area (Å²) in [5, 5.41) is 43.8. The number of ether oxygens (including phenoxy) is 5. The van der Waals surface area contributed by atoms with Gasteiger partial charge >= 0.3 is 17.9 Å². The SMILES string of the molecule is CO/C1=C/C(C)=C\[C@@H](C)[C@@H](O)[C@@H](C)C/C(C)=C\C=C/[C@H](OC)[C@@H]([C@@H](C)[C@@H](O)[C@H](C)[C@@]2(O)C[C@@H](OC(=O)/C=C/C(=O)O)[C@H](C)[C@@H](C(C)C)O2)OC1=O. The van der Waals surface area contributed by atoms with Crippen molar-refractivity contribution in [1.29, 1.82) is 0 Å². The van der Waals surface area contributed by atoms with Crippen LogP contribution in [-0.4, -0.2) is 95.0 Å². The highest BCUT2D eigenvalue weighted by Crippen LogP contribution is 2.42. The molecule has 0 aliphatic carbocycles. The average Bonchev–Trinajstić information content (AvgIpc) is 3.06.